The van der Waals surface area contributed by atoms with E-state index in [-0.39, 0.29) is 0 Å². The Bertz CT molecular complexity index is 3170. The van der Waals surface area contributed by atoms with Gasteiger partial charge in [0.05, 0.1) is 27.9 Å². The fourth-order valence-corrected chi connectivity index (χ4v) is 7.88. The van der Waals surface area contributed by atoms with Gasteiger partial charge >= 0.3 is 0 Å². The molecule has 6 nitrogen and oxygen atoms in total. The normalized spacial score (nSPS) is 11.6. The van der Waals surface area contributed by atoms with Crippen LogP contribution in [0.3, 0.4) is 0 Å². The summed E-state index contributed by atoms with van der Waals surface area (Å²) in [4.78, 5) is 15.1. The molecule has 0 unspecified atom stereocenters. The number of para-hydroxylation sites is 2. The van der Waals surface area contributed by atoms with Gasteiger partial charge in [0.1, 0.15) is 0 Å². The fraction of sp³-hybridized carbons (Fsp3) is 0. The fourth-order valence-electron chi connectivity index (χ4n) is 7.88. The lowest BCUT2D eigenvalue weighted by molar-refractivity contribution is 0.979. The number of aromatic nitrogens is 6. The van der Waals surface area contributed by atoms with Gasteiger partial charge in [-0.15, -0.1) is 0 Å². The lowest BCUT2D eigenvalue weighted by Crippen LogP contribution is -2.00. The first-order chi connectivity index (χ1) is 27.7. The van der Waals surface area contributed by atoms with Crippen LogP contribution in [0, 0.1) is 0 Å². The summed E-state index contributed by atoms with van der Waals surface area (Å²) >= 11 is 0. The van der Waals surface area contributed by atoms with Crippen molar-refractivity contribution in [3.8, 4) is 62.4 Å². The summed E-state index contributed by atoms with van der Waals surface area (Å²) in [5, 5.41) is 9.97. The molecule has 7 aromatic carbocycles. The highest BCUT2D eigenvalue weighted by atomic mass is 15.2. The van der Waals surface area contributed by atoms with Crippen molar-refractivity contribution in [3.63, 3.8) is 0 Å². The molecule has 0 N–H and O–H groups in total. The molecule has 0 saturated heterocycles. The Morgan fingerprint density at radius 3 is 1.41 bits per heavy atom. The maximum absolute atomic E-state index is 5.15. The van der Waals surface area contributed by atoms with Crippen LogP contribution in [0.2, 0.25) is 0 Å². The highest BCUT2D eigenvalue weighted by Gasteiger charge is 2.17. The number of benzene rings is 7. The largest absolute Gasteiger partial charge is 0.309 e. The molecule has 56 heavy (non-hydrogen) atoms. The van der Waals surface area contributed by atoms with Crippen LogP contribution in [0.1, 0.15) is 0 Å². The van der Waals surface area contributed by atoms with Crippen molar-refractivity contribution in [2.75, 3.05) is 0 Å². The zero-order chi connectivity index (χ0) is 37.0. The van der Waals surface area contributed by atoms with E-state index in [0.717, 1.165) is 55.8 Å². The van der Waals surface area contributed by atoms with E-state index in [1.807, 2.05) is 36.4 Å². The van der Waals surface area contributed by atoms with E-state index < -0.39 is 0 Å². The molecular formula is C50H32N6. The Morgan fingerprint density at radius 1 is 0.339 bits per heavy atom. The average Bonchev–Trinajstić information content (AvgIpc) is 3.88. The van der Waals surface area contributed by atoms with E-state index in [9.17, 15) is 0 Å². The van der Waals surface area contributed by atoms with Crippen LogP contribution in [0.5, 0.6) is 0 Å². The standard InChI is InChI=1S/C50H32N6/c1-3-13-34(14-4-1)46-31-38-17-7-8-18-40(38)47-32-43(54-56(46)47)33-23-25-36(26-24-33)49-51-48(35-15-5-2-6-16-35)52-50(53-49)37-27-29-39(30-28-37)55-44-21-11-9-19-41(44)42-20-10-12-22-45(42)55/h1-32H. The summed E-state index contributed by atoms with van der Waals surface area (Å²) in [6.07, 6.45) is 0. The molecule has 0 spiro atoms. The molecule has 0 bridgehead atoms. The van der Waals surface area contributed by atoms with E-state index >= 15 is 0 Å². The topological polar surface area (TPSA) is 60.9 Å². The molecule has 0 fully saturated rings. The quantitative estimate of drug-likeness (QED) is 0.172. The number of hydrogen-bond donors (Lipinski definition) is 0. The number of pyridine rings is 1. The van der Waals surface area contributed by atoms with Crippen molar-refractivity contribution in [1.29, 1.82) is 0 Å². The van der Waals surface area contributed by atoms with Crippen molar-refractivity contribution in [2.45, 2.75) is 0 Å². The van der Waals surface area contributed by atoms with Crippen LogP contribution < -0.4 is 0 Å². The summed E-state index contributed by atoms with van der Waals surface area (Å²) in [6, 6.07) is 67.4. The summed E-state index contributed by atoms with van der Waals surface area (Å²) in [7, 11) is 0. The van der Waals surface area contributed by atoms with E-state index in [1.165, 1.54) is 27.2 Å². The Labute approximate surface area is 322 Å². The van der Waals surface area contributed by atoms with E-state index in [0.29, 0.717) is 17.5 Å². The third-order valence-corrected chi connectivity index (χ3v) is 10.6. The minimum Gasteiger partial charge on any atom is -0.309 e. The third-order valence-electron chi connectivity index (χ3n) is 10.6. The Kier molecular flexibility index (Phi) is 7.38. The summed E-state index contributed by atoms with van der Waals surface area (Å²) in [6.45, 7) is 0. The lowest BCUT2D eigenvalue weighted by Gasteiger charge is -2.11. The first kappa shape index (κ1) is 31.8. The smallest absolute Gasteiger partial charge is 0.164 e. The van der Waals surface area contributed by atoms with Gasteiger partial charge in [-0.3, -0.25) is 0 Å². The Morgan fingerprint density at radius 2 is 0.804 bits per heavy atom. The van der Waals surface area contributed by atoms with Crippen LogP contribution >= 0.6 is 0 Å². The monoisotopic (exact) mass is 716 g/mol. The SMILES string of the molecule is c1ccc(-c2nc(-c3ccc(-c4cc5c6ccccc6cc(-c6ccccc6)n5n4)cc3)nc(-c3ccc(-n4c5ccccc5c5ccccc54)cc3)n2)cc1. The van der Waals surface area contributed by atoms with Crippen molar-refractivity contribution in [1.82, 2.24) is 29.1 Å². The molecule has 0 atom stereocenters. The van der Waals surface area contributed by atoms with Crippen molar-refractivity contribution < 1.29 is 0 Å². The Hall–Kier alpha value is -7.70. The predicted octanol–water partition coefficient (Wildman–Crippen LogP) is 12.1. The molecule has 0 saturated carbocycles. The summed E-state index contributed by atoms with van der Waals surface area (Å²) < 4.78 is 4.39. The number of fused-ring (bicyclic) bond motifs is 6. The van der Waals surface area contributed by atoms with E-state index in [2.05, 4.69) is 167 Å². The van der Waals surface area contributed by atoms with Crippen molar-refractivity contribution in [2.24, 2.45) is 0 Å². The van der Waals surface area contributed by atoms with Crippen molar-refractivity contribution in [3.05, 3.63) is 194 Å². The summed E-state index contributed by atoms with van der Waals surface area (Å²) in [5.74, 6) is 1.86. The second kappa shape index (κ2) is 13.0. The van der Waals surface area contributed by atoms with Gasteiger partial charge in [-0.1, -0.05) is 146 Å². The maximum atomic E-state index is 5.15. The number of hydrogen-bond acceptors (Lipinski definition) is 4. The molecule has 6 heteroatoms. The molecule has 4 heterocycles. The first-order valence-electron chi connectivity index (χ1n) is 18.7. The maximum Gasteiger partial charge on any atom is 0.164 e. The zero-order valence-electron chi connectivity index (χ0n) is 30.2. The second-order valence-corrected chi connectivity index (χ2v) is 14.0. The molecule has 0 aliphatic rings. The van der Waals surface area contributed by atoms with Gasteiger partial charge in [-0.05, 0) is 53.9 Å². The van der Waals surface area contributed by atoms with E-state index in [4.69, 9.17) is 20.1 Å². The van der Waals surface area contributed by atoms with Crippen LogP contribution in [0.15, 0.2) is 194 Å². The van der Waals surface area contributed by atoms with Gasteiger partial charge in [0, 0.05) is 49.7 Å². The van der Waals surface area contributed by atoms with Gasteiger partial charge in [0.2, 0.25) is 0 Å². The van der Waals surface area contributed by atoms with Crippen LogP contribution in [0.4, 0.5) is 0 Å². The highest BCUT2D eigenvalue weighted by molar-refractivity contribution is 6.09. The first-order valence-corrected chi connectivity index (χ1v) is 18.7. The molecule has 11 rings (SSSR count). The minimum atomic E-state index is 0.610. The Balaban J connectivity index is 0.987. The van der Waals surface area contributed by atoms with Gasteiger partial charge in [0.15, 0.2) is 17.5 Å². The van der Waals surface area contributed by atoms with Crippen LogP contribution in [-0.4, -0.2) is 29.1 Å². The van der Waals surface area contributed by atoms with Gasteiger partial charge in [-0.2, -0.15) is 5.10 Å². The summed E-state index contributed by atoms with van der Waals surface area (Å²) in [5.41, 5.74) is 11.3. The number of rotatable bonds is 6. The average molecular weight is 717 g/mol. The molecule has 0 amide bonds. The van der Waals surface area contributed by atoms with E-state index in [1.54, 1.807) is 0 Å². The van der Waals surface area contributed by atoms with Gasteiger partial charge in [0.25, 0.3) is 0 Å². The number of nitrogens with zero attached hydrogens (tertiary/aromatic N) is 6. The molecule has 0 aliphatic heterocycles. The second-order valence-electron chi connectivity index (χ2n) is 14.0. The minimum absolute atomic E-state index is 0.610. The molecule has 0 aliphatic carbocycles. The molecule has 4 aromatic heterocycles. The predicted molar refractivity (Wildman–Crippen MR) is 228 cm³/mol. The third kappa shape index (κ3) is 5.35. The van der Waals surface area contributed by atoms with Gasteiger partial charge < -0.3 is 4.57 Å². The lowest BCUT2D eigenvalue weighted by atomic mass is 10.0. The zero-order valence-corrected chi connectivity index (χ0v) is 30.2. The molecule has 262 valence electrons. The highest BCUT2D eigenvalue weighted by Crippen LogP contribution is 2.34. The van der Waals surface area contributed by atoms with Gasteiger partial charge in [-0.25, -0.2) is 19.5 Å². The molecule has 0 radical (unpaired) electrons. The van der Waals surface area contributed by atoms with Crippen LogP contribution in [0.25, 0.3) is 100 Å². The van der Waals surface area contributed by atoms with Crippen LogP contribution in [-0.2, 0) is 0 Å². The molecule has 11 aromatic rings. The van der Waals surface area contributed by atoms with Crippen molar-refractivity contribution >= 4 is 38.1 Å². The molecular weight excluding hydrogens is 685 g/mol.